The van der Waals surface area contributed by atoms with Crippen LogP contribution in [0.5, 0.6) is 34.5 Å². The highest BCUT2D eigenvalue weighted by Crippen LogP contribution is 2.64. The Balaban J connectivity index is 1.91. The molecular weight excluding hydrogens is 476 g/mol. The third kappa shape index (κ3) is 3.19. The molecule has 9 nitrogen and oxygen atoms in total. The van der Waals surface area contributed by atoms with Crippen molar-refractivity contribution in [1.29, 1.82) is 0 Å². The van der Waals surface area contributed by atoms with E-state index < -0.39 is 11.6 Å². The molecule has 37 heavy (non-hydrogen) atoms. The number of nitrogens with zero attached hydrogens (tertiary/aromatic N) is 2. The summed E-state index contributed by atoms with van der Waals surface area (Å²) in [6.07, 6.45) is 0. The Morgan fingerprint density at radius 1 is 0.730 bits per heavy atom. The van der Waals surface area contributed by atoms with Crippen LogP contribution >= 0.6 is 0 Å². The lowest BCUT2D eigenvalue weighted by Crippen LogP contribution is -2.34. The first-order valence-electron chi connectivity index (χ1n) is 12.4. The van der Waals surface area contributed by atoms with Gasteiger partial charge in [-0.2, -0.15) is 0 Å². The quantitative estimate of drug-likeness (QED) is 0.350. The summed E-state index contributed by atoms with van der Waals surface area (Å²) in [4.78, 5) is 16.6. The molecule has 9 heteroatoms. The summed E-state index contributed by atoms with van der Waals surface area (Å²) in [5.41, 5.74) is -0.263. The standard InChI is InChI=1S/C28H30N2O7/c1-5-29(6-2)21-19(31)13-17-25(23(21)33)36-26-18(14-20(32)22(24(26)34)30(7-3)8-4)28(17)16-12-10-9-11-15(16)27(35)37-28/h9-14,31-34H,5-8H2,1-4H3. The fourth-order valence-electron chi connectivity index (χ4n) is 5.55. The van der Waals surface area contributed by atoms with E-state index in [2.05, 4.69) is 0 Å². The van der Waals surface area contributed by atoms with Crippen LogP contribution in [0.2, 0.25) is 0 Å². The summed E-state index contributed by atoms with van der Waals surface area (Å²) in [5, 5.41) is 45.0. The van der Waals surface area contributed by atoms with Crippen LogP contribution < -0.4 is 14.5 Å². The number of esters is 1. The van der Waals surface area contributed by atoms with Crippen molar-refractivity contribution in [2.75, 3.05) is 36.0 Å². The maximum absolute atomic E-state index is 13.1. The molecule has 0 bridgehead atoms. The van der Waals surface area contributed by atoms with Gasteiger partial charge < -0.3 is 39.7 Å². The van der Waals surface area contributed by atoms with Gasteiger partial charge in [-0.3, -0.25) is 0 Å². The zero-order valence-corrected chi connectivity index (χ0v) is 21.2. The fraction of sp³-hybridized carbons (Fsp3) is 0.321. The minimum absolute atomic E-state index is 0.0526. The van der Waals surface area contributed by atoms with E-state index in [0.717, 1.165) is 0 Å². The Bertz CT molecular complexity index is 1340. The van der Waals surface area contributed by atoms with E-state index >= 15 is 0 Å². The minimum Gasteiger partial charge on any atom is -0.506 e. The maximum atomic E-state index is 13.1. The van der Waals surface area contributed by atoms with Crippen molar-refractivity contribution in [3.05, 3.63) is 58.7 Å². The van der Waals surface area contributed by atoms with Crippen molar-refractivity contribution in [3.8, 4) is 34.5 Å². The normalized spacial score (nSPS) is 14.4. The van der Waals surface area contributed by atoms with Crippen LogP contribution in [0.4, 0.5) is 11.4 Å². The molecule has 0 amide bonds. The molecule has 1 spiro atoms. The Hall–Kier alpha value is -4.27. The van der Waals surface area contributed by atoms with E-state index in [1.54, 1.807) is 34.1 Å². The average molecular weight is 507 g/mol. The van der Waals surface area contributed by atoms with Crippen LogP contribution in [0.1, 0.15) is 54.7 Å². The van der Waals surface area contributed by atoms with E-state index in [0.29, 0.717) is 37.3 Å². The van der Waals surface area contributed by atoms with Gasteiger partial charge in [0.1, 0.15) is 22.9 Å². The topological polar surface area (TPSA) is 123 Å². The van der Waals surface area contributed by atoms with Crippen LogP contribution in [0.15, 0.2) is 36.4 Å². The summed E-state index contributed by atoms with van der Waals surface area (Å²) < 4.78 is 12.2. The molecular formula is C28H30N2O7. The Morgan fingerprint density at radius 3 is 1.65 bits per heavy atom. The van der Waals surface area contributed by atoms with Crippen molar-refractivity contribution in [2.24, 2.45) is 0 Å². The zero-order chi connectivity index (χ0) is 26.6. The number of fused-ring (bicyclic) bond motifs is 6. The second kappa shape index (κ2) is 8.69. The molecule has 0 fully saturated rings. The number of hydrogen-bond acceptors (Lipinski definition) is 9. The van der Waals surface area contributed by atoms with Gasteiger partial charge in [0, 0.05) is 31.7 Å². The lowest BCUT2D eigenvalue weighted by molar-refractivity contribution is 0.0219. The number of phenols is 4. The predicted octanol–water partition coefficient (Wildman–Crippen LogP) is 4.77. The van der Waals surface area contributed by atoms with Crippen LogP contribution in [0, 0.1) is 0 Å². The highest BCUT2D eigenvalue weighted by atomic mass is 16.6. The summed E-state index contributed by atoms with van der Waals surface area (Å²) in [6.45, 7) is 9.56. The highest BCUT2D eigenvalue weighted by molar-refractivity contribution is 5.98. The number of phenolic OH excluding ortho intramolecular Hbond substituents is 4. The molecule has 0 atom stereocenters. The molecule has 0 aliphatic carbocycles. The summed E-state index contributed by atoms with van der Waals surface area (Å²) in [5.74, 6) is -1.86. The summed E-state index contributed by atoms with van der Waals surface area (Å²) in [6, 6.07) is 9.59. The summed E-state index contributed by atoms with van der Waals surface area (Å²) >= 11 is 0. The average Bonchev–Trinajstić information content (AvgIpc) is 3.19. The van der Waals surface area contributed by atoms with Crippen molar-refractivity contribution in [2.45, 2.75) is 33.3 Å². The molecule has 3 aromatic carbocycles. The van der Waals surface area contributed by atoms with Crippen molar-refractivity contribution < 1.29 is 34.7 Å². The van der Waals surface area contributed by atoms with Gasteiger partial charge in [-0.05, 0) is 45.9 Å². The molecule has 194 valence electrons. The molecule has 0 aromatic heterocycles. The number of anilines is 2. The third-order valence-electron chi connectivity index (χ3n) is 7.31. The van der Waals surface area contributed by atoms with Crippen LogP contribution in [0.3, 0.4) is 0 Å². The van der Waals surface area contributed by atoms with E-state index in [1.165, 1.54) is 12.1 Å². The number of ether oxygens (including phenoxy) is 2. The van der Waals surface area contributed by atoms with Gasteiger partial charge in [0.2, 0.25) is 0 Å². The highest BCUT2D eigenvalue weighted by Gasteiger charge is 2.56. The van der Waals surface area contributed by atoms with Crippen molar-refractivity contribution in [1.82, 2.24) is 0 Å². The first kappa shape index (κ1) is 24.4. The lowest BCUT2D eigenvalue weighted by atomic mass is 9.77. The van der Waals surface area contributed by atoms with E-state index in [9.17, 15) is 25.2 Å². The van der Waals surface area contributed by atoms with E-state index in [4.69, 9.17) is 9.47 Å². The SMILES string of the molecule is CCN(CC)c1c(O)cc2c(c1O)Oc1c(cc(O)c(N(CC)CC)c1O)C21OC(=O)c2ccccc21. The van der Waals surface area contributed by atoms with Gasteiger partial charge in [-0.1, -0.05) is 18.2 Å². The number of hydrogen-bond donors (Lipinski definition) is 4. The molecule has 0 unspecified atom stereocenters. The molecule has 2 aliphatic rings. The molecule has 0 radical (unpaired) electrons. The molecule has 4 N–H and O–H groups in total. The second-order valence-corrected chi connectivity index (χ2v) is 9.00. The molecule has 0 saturated heterocycles. The van der Waals surface area contributed by atoms with Crippen LogP contribution in [-0.2, 0) is 10.3 Å². The number of carbonyl (C=O) groups excluding carboxylic acids is 1. The van der Waals surface area contributed by atoms with Gasteiger partial charge >= 0.3 is 5.97 Å². The smallest absolute Gasteiger partial charge is 0.340 e. The molecule has 3 aromatic rings. The van der Waals surface area contributed by atoms with Gasteiger partial charge in [-0.15, -0.1) is 0 Å². The first-order valence-corrected chi connectivity index (χ1v) is 12.4. The predicted molar refractivity (Wildman–Crippen MR) is 138 cm³/mol. The van der Waals surface area contributed by atoms with E-state index in [-0.39, 0.29) is 57.0 Å². The monoisotopic (exact) mass is 506 g/mol. The van der Waals surface area contributed by atoms with Gasteiger partial charge in [0.15, 0.2) is 28.6 Å². The molecule has 2 heterocycles. The van der Waals surface area contributed by atoms with Crippen molar-refractivity contribution in [3.63, 3.8) is 0 Å². The maximum Gasteiger partial charge on any atom is 0.340 e. The Morgan fingerprint density at radius 2 is 1.19 bits per heavy atom. The molecule has 0 saturated carbocycles. The van der Waals surface area contributed by atoms with Gasteiger partial charge in [0.25, 0.3) is 0 Å². The number of aromatic hydroxyl groups is 4. The third-order valence-corrected chi connectivity index (χ3v) is 7.31. The van der Waals surface area contributed by atoms with E-state index in [1.807, 2.05) is 27.7 Å². The summed E-state index contributed by atoms with van der Waals surface area (Å²) in [7, 11) is 0. The first-order chi connectivity index (χ1) is 17.7. The molecule has 5 rings (SSSR count). The van der Waals surface area contributed by atoms with Crippen molar-refractivity contribution >= 4 is 17.3 Å². The number of carbonyl (C=O) groups is 1. The number of rotatable bonds is 6. The largest absolute Gasteiger partial charge is 0.506 e. The number of benzene rings is 3. The Labute approximate surface area is 214 Å². The zero-order valence-electron chi connectivity index (χ0n) is 21.2. The fourth-order valence-corrected chi connectivity index (χ4v) is 5.55. The molecule has 2 aliphatic heterocycles. The van der Waals surface area contributed by atoms with Crippen LogP contribution in [0.25, 0.3) is 0 Å². The lowest BCUT2D eigenvalue weighted by Gasteiger charge is -2.39. The second-order valence-electron chi connectivity index (χ2n) is 9.00. The van der Waals surface area contributed by atoms with Crippen LogP contribution in [-0.4, -0.2) is 52.6 Å². The minimum atomic E-state index is -1.69. The Kier molecular flexibility index (Phi) is 5.73. The van der Waals surface area contributed by atoms with Gasteiger partial charge in [-0.25, -0.2) is 4.79 Å². The van der Waals surface area contributed by atoms with Gasteiger partial charge in [0.05, 0.1) is 16.7 Å².